The van der Waals surface area contributed by atoms with Crippen molar-refractivity contribution < 1.29 is 23.9 Å². The van der Waals surface area contributed by atoms with Gasteiger partial charge in [0.15, 0.2) is 0 Å². The molecule has 2 aliphatic rings. The SMILES string of the molecule is COc1ccc(N2C[C@@H](C(=O)N[C@@H](C)C(=O)NC[C@H]3CCCO3)CC2=O)cc1. The molecule has 2 heterocycles. The summed E-state index contributed by atoms with van der Waals surface area (Å²) in [5.74, 6) is -0.430. The fourth-order valence-electron chi connectivity index (χ4n) is 3.46. The Kier molecular flexibility index (Phi) is 6.51. The summed E-state index contributed by atoms with van der Waals surface area (Å²) in [5.41, 5.74) is 0.725. The standard InChI is InChI=1S/C20H27N3O5/c1-13(19(25)21-11-17-4-3-9-28-17)22-20(26)14-10-18(24)23(12-14)15-5-7-16(27-2)8-6-15/h5-8,13-14,17H,3-4,9-12H2,1-2H3,(H,21,25)(H,22,26)/t13-,14-,17+/m0/s1. The molecule has 0 bridgehead atoms. The first-order valence-electron chi connectivity index (χ1n) is 9.62. The van der Waals surface area contributed by atoms with Crippen molar-refractivity contribution in [2.45, 2.75) is 38.3 Å². The molecular formula is C20H27N3O5. The van der Waals surface area contributed by atoms with Crippen LogP contribution in [-0.2, 0) is 19.1 Å². The van der Waals surface area contributed by atoms with E-state index >= 15 is 0 Å². The van der Waals surface area contributed by atoms with E-state index in [0.717, 1.165) is 25.1 Å². The summed E-state index contributed by atoms with van der Waals surface area (Å²) in [4.78, 5) is 38.6. The third-order valence-corrected chi connectivity index (χ3v) is 5.16. The molecule has 3 atom stereocenters. The van der Waals surface area contributed by atoms with Crippen LogP contribution in [0.5, 0.6) is 5.75 Å². The monoisotopic (exact) mass is 389 g/mol. The first-order valence-corrected chi connectivity index (χ1v) is 9.62. The molecule has 0 radical (unpaired) electrons. The van der Waals surface area contributed by atoms with Gasteiger partial charge in [-0.1, -0.05) is 0 Å². The van der Waals surface area contributed by atoms with Gasteiger partial charge >= 0.3 is 0 Å². The highest BCUT2D eigenvalue weighted by molar-refractivity contribution is 6.01. The van der Waals surface area contributed by atoms with E-state index in [-0.39, 0.29) is 30.2 Å². The van der Waals surface area contributed by atoms with Gasteiger partial charge in [-0.25, -0.2) is 0 Å². The molecule has 28 heavy (non-hydrogen) atoms. The number of benzene rings is 1. The number of nitrogens with zero attached hydrogens (tertiary/aromatic N) is 1. The third kappa shape index (κ3) is 4.81. The first kappa shape index (κ1) is 20.1. The Morgan fingerprint density at radius 3 is 2.71 bits per heavy atom. The van der Waals surface area contributed by atoms with E-state index < -0.39 is 12.0 Å². The molecule has 3 amide bonds. The fraction of sp³-hybridized carbons (Fsp3) is 0.550. The molecule has 1 aromatic carbocycles. The van der Waals surface area contributed by atoms with E-state index in [1.807, 2.05) is 0 Å². The molecule has 0 aliphatic carbocycles. The van der Waals surface area contributed by atoms with Crippen LogP contribution in [0.4, 0.5) is 5.69 Å². The van der Waals surface area contributed by atoms with Crippen LogP contribution >= 0.6 is 0 Å². The zero-order valence-corrected chi connectivity index (χ0v) is 16.3. The van der Waals surface area contributed by atoms with E-state index in [2.05, 4.69) is 10.6 Å². The van der Waals surface area contributed by atoms with Gasteiger partial charge in [-0.05, 0) is 44.0 Å². The summed E-state index contributed by atoms with van der Waals surface area (Å²) in [6.07, 6.45) is 2.12. The molecule has 3 rings (SSSR count). The molecular weight excluding hydrogens is 362 g/mol. The molecule has 0 saturated carbocycles. The van der Waals surface area contributed by atoms with E-state index in [1.54, 1.807) is 43.2 Å². The summed E-state index contributed by atoms with van der Waals surface area (Å²) in [6.45, 7) is 3.11. The van der Waals surface area contributed by atoms with Crippen molar-refractivity contribution >= 4 is 23.4 Å². The van der Waals surface area contributed by atoms with E-state index in [0.29, 0.717) is 18.8 Å². The van der Waals surface area contributed by atoms with Crippen molar-refractivity contribution in [1.82, 2.24) is 10.6 Å². The lowest BCUT2D eigenvalue weighted by atomic mass is 10.1. The number of rotatable bonds is 7. The Labute approximate surface area is 164 Å². The lowest BCUT2D eigenvalue weighted by molar-refractivity contribution is -0.131. The van der Waals surface area contributed by atoms with E-state index in [4.69, 9.17) is 9.47 Å². The molecule has 8 nitrogen and oxygen atoms in total. The van der Waals surface area contributed by atoms with Crippen LogP contribution in [0.15, 0.2) is 24.3 Å². The molecule has 152 valence electrons. The Balaban J connectivity index is 1.49. The normalized spacial score (nSPS) is 22.8. The van der Waals surface area contributed by atoms with Gasteiger partial charge in [-0.15, -0.1) is 0 Å². The van der Waals surface area contributed by atoms with Crippen molar-refractivity contribution in [2.75, 3.05) is 31.7 Å². The topological polar surface area (TPSA) is 97.0 Å². The second-order valence-electron chi connectivity index (χ2n) is 7.21. The number of carbonyl (C=O) groups is 3. The summed E-state index contributed by atoms with van der Waals surface area (Å²) >= 11 is 0. The Bertz CT molecular complexity index is 715. The van der Waals surface area contributed by atoms with Gasteiger partial charge in [0, 0.05) is 31.8 Å². The number of ether oxygens (including phenoxy) is 2. The lowest BCUT2D eigenvalue weighted by Crippen LogP contribution is -2.48. The molecule has 8 heteroatoms. The van der Waals surface area contributed by atoms with Crippen LogP contribution in [0, 0.1) is 5.92 Å². The highest BCUT2D eigenvalue weighted by atomic mass is 16.5. The van der Waals surface area contributed by atoms with Crippen molar-refractivity contribution in [2.24, 2.45) is 5.92 Å². The highest BCUT2D eigenvalue weighted by Gasteiger charge is 2.36. The predicted octanol–water partition coefficient (Wildman–Crippen LogP) is 0.848. The minimum absolute atomic E-state index is 0.0531. The highest BCUT2D eigenvalue weighted by Crippen LogP contribution is 2.27. The molecule has 0 aromatic heterocycles. The Hall–Kier alpha value is -2.61. The number of anilines is 1. The van der Waals surface area contributed by atoms with Gasteiger partial charge in [-0.2, -0.15) is 0 Å². The van der Waals surface area contributed by atoms with Crippen molar-refractivity contribution in [3.05, 3.63) is 24.3 Å². The van der Waals surface area contributed by atoms with Crippen LogP contribution in [0.3, 0.4) is 0 Å². The summed E-state index contributed by atoms with van der Waals surface area (Å²) in [6, 6.07) is 6.46. The molecule has 2 aliphatic heterocycles. The number of nitrogens with one attached hydrogen (secondary N) is 2. The maximum absolute atomic E-state index is 12.5. The average Bonchev–Trinajstić information content (AvgIpc) is 3.35. The van der Waals surface area contributed by atoms with Crippen LogP contribution < -0.4 is 20.3 Å². The summed E-state index contributed by atoms with van der Waals surface area (Å²) in [7, 11) is 1.58. The second-order valence-corrected chi connectivity index (χ2v) is 7.21. The molecule has 0 unspecified atom stereocenters. The minimum atomic E-state index is -0.668. The minimum Gasteiger partial charge on any atom is -0.497 e. The van der Waals surface area contributed by atoms with Gasteiger partial charge < -0.3 is 25.0 Å². The molecule has 0 spiro atoms. The number of carbonyl (C=O) groups excluding carboxylic acids is 3. The van der Waals surface area contributed by atoms with Crippen molar-refractivity contribution in [3.63, 3.8) is 0 Å². The number of amides is 3. The molecule has 2 fully saturated rings. The van der Waals surface area contributed by atoms with Crippen molar-refractivity contribution in [3.8, 4) is 5.75 Å². The average molecular weight is 389 g/mol. The predicted molar refractivity (Wildman–Crippen MR) is 103 cm³/mol. The third-order valence-electron chi connectivity index (χ3n) is 5.16. The van der Waals surface area contributed by atoms with Crippen LogP contribution in [-0.4, -0.2) is 56.7 Å². The maximum atomic E-state index is 12.5. The lowest BCUT2D eigenvalue weighted by Gasteiger charge is -2.19. The quantitative estimate of drug-likeness (QED) is 0.721. The zero-order valence-electron chi connectivity index (χ0n) is 16.3. The van der Waals surface area contributed by atoms with Crippen LogP contribution in [0.1, 0.15) is 26.2 Å². The smallest absolute Gasteiger partial charge is 0.242 e. The van der Waals surface area contributed by atoms with E-state index in [1.165, 1.54) is 0 Å². The zero-order chi connectivity index (χ0) is 20.1. The van der Waals surface area contributed by atoms with Gasteiger partial charge in [0.25, 0.3) is 0 Å². The fourth-order valence-corrected chi connectivity index (χ4v) is 3.46. The number of hydrogen-bond acceptors (Lipinski definition) is 5. The molecule has 2 saturated heterocycles. The van der Waals surface area contributed by atoms with Gasteiger partial charge in [0.05, 0.1) is 19.1 Å². The summed E-state index contributed by atoms with van der Waals surface area (Å²) < 4.78 is 10.6. The van der Waals surface area contributed by atoms with Gasteiger partial charge in [0.1, 0.15) is 11.8 Å². The van der Waals surface area contributed by atoms with Gasteiger partial charge in [0.2, 0.25) is 17.7 Å². The molecule has 1 aromatic rings. The Morgan fingerprint density at radius 1 is 1.32 bits per heavy atom. The summed E-state index contributed by atoms with van der Waals surface area (Å²) in [5, 5.41) is 5.52. The van der Waals surface area contributed by atoms with Crippen molar-refractivity contribution in [1.29, 1.82) is 0 Å². The number of hydrogen-bond donors (Lipinski definition) is 2. The Morgan fingerprint density at radius 2 is 2.07 bits per heavy atom. The largest absolute Gasteiger partial charge is 0.497 e. The maximum Gasteiger partial charge on any atom is 0.242 e. The van der Waals surface area contributed by atoms with Gasteiger partial charge in [-0.3, -0.25) is 14.4 Å². The first-order chi connectivity index (χ1) is 13.5. The van der Waals surface area contributed by atoms with Crippen LogP contribution in [0.25, 0.3) is 0 Å². The van der Waals surface area contributed by atoms with Crippen LogP contribution in [0.2, 0.25) is 0 Å². The van der Waals surface area contributed by atoms with E-state index in [9.17, 15) is 14.4 Å². The number of methoxy groups -OCH3 is 1. The second kappa shape index (κ2) is 9.05. The molecule has 2 N–H and O–H groups in total.